The first-order chi connectivity index (χ1) is 6.77. The van der Waals surface area contributed by atoms with Gasteiger partial charge in [0.05, 0.1) is 0 Å². The van der Waals surface area contributed by atoms with Crippen LogP contribution < -0.4 is 0 Å². The Kier molecular flexibility index (Phi) is 2.66. The molecule has 1 saturated carbocycles. The van der Waals surface area contributed by atoms with Crippen molar-refractivity contribution < 1.29 is 4.79 Å². The molecule has 3 nitrogen and oxygen atoms in total. The first-order valence-corrected chi connectivity index (χ1v) is 5.28. The van der Waals surface area contributed by atoms with Gasteiger partial charge in [0.2, 0.25) is 0 Å². The molecule has 2 rings (SSSR count). The second-order valence-electron chi connectivity index (χ2n) is 4.12. The van der Waals surface area contributed by atoms with Crippen molar-refractivity contribution in [3.63, 3.8) is 0 Å². The summed E-state index contributed by atoms with van der Waals surface area (Å²) in [5, 5.41) is 4.01. The van der Waals surface area contributed by atoms with E-state index in [1.54, 1.807) is 16.9 Å². The number of aromatic nitrogens is 2. The van der Waals surface area contributed by atoms with Crippen LogP contribution in [0.25, 0.3) is 0 Å². The fraction of sp³-hybridized carbons (Fsp3) is 0.636. The van der Waals surface area contributed by atoms with E-state index in [2.05, 4.69) is 5.10 Å². The predicted molar refractivity (Wildman–Crippen MR) is 54.1 cm³/mol. The number of hydrogen-bond acceptors (Lipinski definition) is 2. The van der Waals surface area contributed by atoms with Crippen molar-refractivity contribution in [3.8, 4) is 0 Å². The zero-order chi connectivity index (χ0) is 9.97. The van der Waals surface area contributed by atoms with E-state index in [1.165, 1.54) is 25.7 Å². The molecule has 0 unspecified atom stereocenters. The van der Waals surface area contributed by atoms with E-state index in [1.807, 2.05) is 7.05 Å². The number of Topliss-reactive ketones (excluding diaryl/α,β-unsaturated/α-hetero) is 1. The van der Waals surface area contributed by atoms with Gasteiger partial charge >= 0.3 is 0 Å². The van der Waals surface area contributed by atoms with Crippen LogP contribution in [0, 0.1) is 5.92 Å². The number of nitrogens with zero attached hydrogens (tertiary/aromatic N) is 2. The summed E-state index contributed by atoms with van der Waals surface area (Å²) in [5.41, 5.74) is 0.747. The van der Waals surface area contributed by atoms with E-state index < -0.39 is 0 Å². The monoisotopic (exact) mass is 192 g/mol. The molecule has 1 aromatic rings. The highest BCUT2D eigenvalue weighted by Crippen LogP contribution is 2.28. The van der Waals surface area contributed by atoms with Crippen LogP contribution in [0.15, 0.2) is 12.3 Å². The Bertz CT molecular complexity index is 324. The fourth-order valence-electron chi connectivity index (χ4n) is 2.23. The molecule has 0 N–H and O–H groups in total. The van der Waals surface area contributed by atoms with Crippen LogP contribution in [-0.4, -0.2) is 15.6 Å². The van der Waals surface area contributed by atoms with E-state index in [9.17, 15) is 4.79 Å². The summed E-state index contributed by atoms with van der Waals surface area (Å²) in [6.07, 6.45) is 7.43. The van der Waals surface area contributed by atoms with Crippen molar-refractivity contribution in [3.05, 3.63) is 18.0 Å². The smallest absolute Gasteiger partial charge is 0.181 e. The predicted octanol–water partition coefficient (Wildman–Crippen LogP) is 2.18. The zero-order valence-electron chi connectivity index (χ0n) is 8.57. The summed E-state index contributed by atoms with van der Waals surface area (Å²) in [4.78, 5) is 11.8. The summed E-state index contributed by atoms with van der Waals surface area (Å²) in [6.45, 7) is 0. The number of aryl methyl sites for hydroxylation is 1. The lowest BCUT2D eigenvalue weighted by Crippen LogP contribution is -2.10. The number of carbonyl (C=O) groups excluding carboxylic acids is 1. The van der Waals surface area contributed by atoms with Gasteiger partial charge in [-0.2, -0.15) is 5.10 Å². The summed E-state index contributed by atoms with van der Waals surface area (Å²) in [5.74, 6) is 0.870. The summed E-state index contributed by atoms with van der Waals surface area (Å²) < 4.78 is 1.66. The lowest BCUT2D eigenvalue weighted by molar-refractivity contribution is 0.0953. The van der Waals surface area contributed by atoms with Gasteiger partial charge < -0.3 is 0 Å². The van der Waals surface area contributed by atoms with E-state index >= 15 is 0 Å². The molecule has 0 aromatic carbocycles. The molecule has 1 aliphatic rings. The van der Waals surface area contributed by atoms with Gasteiger partial charge in [-0.1, -0.05) is 25.7 Å². The van der Waals surface area contributed by atoms with Gasteiger partial charge in [-0.3, -0.25) is 9.48 Å². The summed E-state index contributed by atoms with van der Waals surface area (Å²) >= 11 is 0. The molecule has 0 atom stereocenters. The SMILES string of the molecule is Cn1nccc1C(=O)CC1CCCC1. The molecule has 0 saturated heterocycles. The Labute approximate surface area is 84.1 Å². The third kappa shape index (κ3) is 1.86. The van der Waals surface area contributed by atoms with Crippen molar-refractivity contribution in [2.45, 2.75) is 32.1 Å². The highest BCUT2D eigenvalue weighted by atomic mass is 16.1. The van der Waals surface area contributed by atoms with Crippen LogP contribution in [0.2, 0.25) is 0 Å². The number of hydrogen-bond donors (Lipinski definition) is 0. The normalized spacial score (nSPS) is 17.5. The molecular formula is C11H16N2O. The van der Waals surface area contributed by atoms with Crippen LogP contribution in [0.4, 0.5) is 0 Å². The maximum Gasteiger partial charge on any atom is 0.181 e. The molecule has 14 heavy (non-hydrogen) atoms. The van der Waals surface area contributed by atoms with Gasteiger partial charge in [0.1, 0.15) is 5.69 Å². The van der Waals surface area contributed by atoms with Gasteiger partial charge in [-0.25, -0.2) is 0 Å². The van der Waals surface area contributed by atoms with Gasteiger partial charge in [0, 0.05) is 19.7 Å². The maximum absolute atomic E-state index is 11.8. The molecule has 76 valence electrons. The maximum atomic E-state index is 11.8. The van der Waals surface area contributed by atoms with E-state index in [0.717, 1.165) is 5.69 Å². The van der Waals surface area contributed by atoms with E-state index in [0.29, 0.717) is 12.3 Å². The third-order valence-electron chi connectivity index (χ3n) is 3.06. The first kappa shape index (κ1) is 9.44. The molecule has 1 heterocycles. The molecule has 0 amide bonds. The van der Waals surface area contributed by atoms with Crippen LogP contribution in [0.1, 0.15) is 42.6 Å². The minimum Gasteiger partial charge on any atom is -0.292 e. The lowest BCUT2D eigenvalue weighted by atomic mass is 10.00. The van der Waals surface area contributed by atoms with Crippen molar-refractivity contribution >= 4 is 5.78 Å². The van der Waals surface area contributed by atoms with Crippen molar-refractivity contribution in [2.24, 2.45) is 13.0 Å². The second-order valence-corrected chi connectivity index (χ2v) is 4.12. The molecule has 1 fully saturated rings. The molecule has 0 spiro atoms. The highest BCUT2D eigenvalue weighted by Gasteiger charge is 2.20. The Morgan fingerprint density at radius 2 is 2.29 bits per heavy atom. The van der Waals surface area contributed by atoms with Gasteiger partial charge in [-0.15, -0.1) is 0 Å². The Hall–Kier alpha value is -1.12. The third-order valence-corrected chi connectivity index (χ3v) is 3.06. The van der Waals surface area contributed by atoms with Gasteiger partial charge in [0.25, 0.3) is 0 Å². The zero-order valence-corrected chi connectivity index (χ0v) is 8.57. The van der Waals surface area contributed by atoms with Gasteiger partial charge in [0.15, 0.2) is 5.78 Å². The fourth-order valence-corrected chi connectivity index (χ4v) is 2.23. The Morgan fingerprint density at radius 1 is 1.57 bits per heavy atom. The molecular weight excluding hydrogens is 176 g/mol. The van der Waals surface area contributed by atoms with E-state index in [4.69, 9.17) is 0 Å². The molecule has 0 radical (unpaired) electrons. The number of carbonyl (C=O) groups is 1. The quantitative estimate of drug-likeness (QED) is 0.688. The number of ketones is 1. The van der Waals surface area contributed by atoms with Crippen LogP contribution in [0.5, 0.6) is 0 Å². The lowest BCUT2D eigenvalue weighted by Gasteiger charge is -2.07. The van der Waals surface area contributed by atoms with Crippen molar-refractivity contribution in [1.29, 1.82) is 0 Å². The molecule has 0 bridgehead atoms. The van der Waals surface area contributed by atoms with Crippen LogP contribution in [-0.2, 0) is 7.05 Å². The van der Waals surface area contributed by atoms with E-state index in [-0.39, 0.29) is 5.78 Å². The van der Waals surface area contributed by atoms with Crippen molar-refractivity contribution in [2.75, 3.05) is 0 Å². The highest BCUT2D eigenvalue weighted by molar-refractivity contribution is 5.94. The van der Waals surface area contributed by atoms with Crippen LogP contribution in [0.3, 0.4) is 0 Å². The first-order valence-electron chi connectivity index (χ1n) is 5.28. The van der Waals surface area contributed by atoms with Crippen molar-refractivity contribution in [1.82, 2.24) is 9.78 Å². The van der Waals surface area contributed by atoms with Crippen LogP contribution >= 0.6 is 0 Å². The summed E-state index contributed by atoms with van der Waals surface area (Å²) in [6, 6.07) is 1.80. The number of rotatable bonds is 3. The Morgan fingerprint density at radius 3 is 2.86 bits per heavy atom. The molecule has 0 aliphatic heterocycles. The Balaban J connectivity index is 1.98. The molecule has 1 aromatic heterocycles. The standard InChI is InChI=1S/C11H16N2O/c1-13-10(6-7-12-13)11(14)8-9-4-2-3-5-9/h6-7,9H,2-5,8H2,1H3. The average Bonchev–Trinajstić information content (AvgIpc) is 2.75. The topological polar surface area (TPSA) is 34.9 Å². The molecule has 3 heteroatoms. The largest absolute Gasteiger partial charge is 0.292 e. The second kappa shape index (κ2) is 3.95. The average molecular weight is 192 g/mol. The van der Waals surface area contributed by atoms with Gasteiger partial charge in [-0.05, 0) is 12.0 Å². The minimum atomic E-state index is 0.247. The summed E-state index contributed by atoms with van der Waals surface area (Å²) in [7, 11) is 1.82. The molecule has 1 aliphatic carbocycles. The minimum absolute atomic E-state index is 0.247.